The van der Waals surface area contributed by atoms with Crippen molar-refractivity contribution in [3.05, 3.63) is 40.9 Å². The van der Waals surface area contributed by atoms with Gasteiger partial charge in [0.2, 0.25) is 0 Å². The molecule has 1 fully saturated rings. The molecule has 5 nitrogen and oxygen atoms in total. The molecule has 2 unspecified atom stereocenters. The van der Waals surface area contributed by atoms with Gasteiger partial charge in [0.25, 0.3) is 11.3 Å². The molecule has 2 N–H and O–H groups in total. The van der Waals surface area contributed by atoms with Crippen molar-refractivity contribution >= 4 is 33.2 Å². The molecule has 0 saturated heterocycles. The first kappa shape index (κ1) is 21.1. The van der Waals surface area contributed by atoms with E-state index in [0.717, 1.165) is 23.7 Å². The fourth-order valence-electron chi connectivity index (χ4n) is 3.17. The Balaban J connectivity index is 1.76. The molecule has 0 aromatic heterocycles. The van der Waals surface area contributed by atoms with E-state index in [9.17, 15) is 9.00 Å². The van der Waals surface area contributed by atoms with Gasteiger partial charge in [-0.2, -0.15) is 4.21 Å². The molecule has 144 valence electrons. The van der Waals surface area contributed by atoms with Crippen LogP contribution in [-0.4, -0.2) is 21.8 Å². The number of unbranched alkanes of at least 4 members (excludes halogenated alkanes) is 1. The van der Waals surface area contributed by atoms with Gasteiger partial charge in [-0.25, -0.2) is 4.72 Å². The van der Waals surface area contributed by atoms with Crippen LogP contribution >= 0.6 is 15.9 Å². The molecule has 1 aliphatic rings. The molecule has 0 heterocycles. The number of hydrogen-bond acceptors (Lipinski definition) is 3. The number of halogens is 1. The summed E-state index contributed by atoms with van der Waals surface area (Å²) in [6, 6.07) is 7.23. The third kappa shape index (κ3) is 8.01. The first-order valence-electron chi connectivity index (χ1n) is 9.02. The van der Waals surface area contributed by atoms with Crippen molar-refractivity contribution in [3.8, 4) is 5.75 Å². The Bertz CT molecular complexity index is 620. The molecule has 0 amide bonds. The minimum Gasteiger partial charge on any atom is -0.481 e. The van der Waals surface area contributed by atoms with E-state index in [2.05, 4.69) is 32.8 Å². The number of carboxylic acids is 1. The number of allylic oxidation sites excluding steroid dienone is 2. The number of carbonyl (C=O) groups is 1. The Morgan fingerprint density at radius 2 is 2.04 bits per heavy atom. The number of rotatable bonds is 10. The van der Waals surface area contributed by atoms with Crippen LogP contribution in [0.25, 0.3) is 0 Å². The lowest BCUT2D eigenvalue weighted by molar-refractivity contribution is -0.137. The highest BCUT2D eigenvalue weighted by Crippen LogP contribution is 2.31. The van der Waals surface area contributed by atoms with E-state index in [0.29, 0.717) is 30.6 Å². The number of aliphatic carboxylic acids is 1. The van der Waals surface area contributed by atoms with Crippen LogP contribution in [0.2, 0.25) is 0 Å². The van der Waals surface area contributed by atoms with E-state index in [1.165, 1.54) is 12.8 Å². The summed E-state index contributed by atoms with van der Waals surface area (Å²) in [7, 11) is 0. The lowest BCUT2D eigenvalue weighted by Gasteiger charge is -2.29. The summed E-state index contributed by atoms with van der Waals surface area (Å²) in [6.07, 6.45) is 10.6. The maximum Gasteiger partial charge on any atom is 0.303 e. The van der Waals surface area contributed by atoms with E-state index >= 15 is 0 Å². The van der Waals surface area contributed by atoms with Crippen LogP contribution in [0.15, 0.2) is 40.9 Å². The van der Waals surface area contributed by atoms with Crippen molar-refractivity contribution in [1.82, 2.24) is 4.72 Å². The zero-order valence-electron chi connectivity index (χ0n) is 14.7. The zero-order chi connectivity index (χ0) is 18.8. The Morgan fingerprint density at radius 1 is 1.31 bits per heavy atom. The summed E-state index contributed by atoms with van der Waals surface area (Å²) >= 11 is 1.79. The molecule has 7 heteroatoms. The van der Waals surface area contributed by atoms with Gasteiger partial charge >= 0.3 is 5.97 Å². The van der Waals surface area contributed by atoms with Gasteiger partial charge in [0, 0.05) is 17.4 Å². The lowest BCUT2D eigenvalue weighted by atomic mass is 9.79. The monoisotopic (exact) mass is 443 g/mol. The van der Waals surface area contributed by atoms with Gasteiger partial charge in [0.05, 0.1) is 0 Å². The van der Waals surface area contributed by atoms with Crippen LogP contribution in [0.5, 0.6) is 5.75 Å². The van der Waals surface area contributed by atoms with E-state index in [1.54, 1.807) is 12.1 Å². The maximum absolute atomic E-state index is 12.1. The molecule has 1 aromatic carbocycles. The standard InChI is InChI=1S/C19H26BrNO4S/c20-17-10-12-18(13-11-17)25-26(24)21-14-16-8-5-4-7-15(16)6-2-1-3-9-19(22)23/h2,6,10-13,15-16,21H,1,3-5,7-9,14H2,(H,22,23)/t15?,16-,26?/m1/s1. The SMILES string of the molecule is O=C(O)CCCC=CC1CCCC[C@@H]1CNS(=O)Oc1ccc(Br)cc1. The van der Waals surface area contributed by atoms with Crippen molar-refractivity contribution in [2.24, 2.45) is 11.8 Å². The van der Waals surface area contributed by atoms with Crippen molar-refractivity contribution < 1.29 is 18.3 Å². The van der Waals surface area contributed by atoms with Gasteiger partial charge in [-0.15, -0.1) is 0 Å². The highest BCUT2D eigenvalue weighted by Gasteiger charge is 2.23. The number of nitrogens with one attached hydrogen (secondary N) is 1. The molecule has 2 rings (SSSR count). The largest absolute Gasteiger partial charge is 0.481 e. The molecule has 0 bridgehead atoms. The van der Waals surface area contributed by atoms with Gasteiger partial charge in [0.15, 0.2) is 0 Å². The van der Waals surface area contributed by atoms with Crippen LogP contribution < -0.4 is 8.91 Å². The smallest absolute Gasteiger partial charge is 0.303 e. The first-order valence-corrected chi connectivity index (χ1v) is 10.9. The van der Waals surface area contributed by atoms with E-state index in [1.807, 2.05) is 12.1 Å². The van der Waals surface area contributed by atoms with Crippen molar-refractivity contribution in [2.75, 3.05) is 6.54 Å². The molecule has 1 saturated carbocycles. The van der Waals surface area contributed by atoms with Crippen molar-refractivity contribution in [2.45, 2.75) is 44.9 Å². The summed E-state index contributed by atoms with van der Waals surface area (Å²) in [5.74, 6) is 0.701. The third-order valence-corrected chi connectivity index (χ3v) is 5.84. The first-order chi connectivity index (χ1) is 12.5. The fourth-order valence-corrected chi connectivity index (χ4v) is 4.13. The quantitative estimate of drug-likeness (QED) is 0.408. The van der Waals surface area contributed by atoms with Crippen LogP contribution in [-0.2, 0) is 16.1 Å². The summed E-state index contributed by atoms with van der Waals surface area (Å²) in [6.45, 7) is 0.646. The summed E-state index contributed by atoms with van der Waals surface area (Å²) in [5, 5.41) is 8.67. The van der Waals surface area contributed by atoms with Gasteiger partial charge in [0.1, 0.15) is 5.75 Å². The Labute approximate surface area is 166 Å². The molecule has 3 atom stereocenters. The summed E-state index contributed by atoms with van der Waals surface area (Å²) < 4.78 is 21.4. The van der Waals surface area contributed by atoms with Crippen LogP contribution in [0.4, 0.5) is 0 Å². The average Bonchev–Trinajstić information content (AvgIpc) is 2.62. The zero-order valence-corrected chi connectivity index (χ0v) is 17.1. The van der Waals surface area contributed by atoms with E-state index in [-0.39, 0.29) is 6.42 Å². The van der Waals surface area contributed by atoms with Gasteiger partial charge in [-0.1, -0.05) is 40.9 Å². The maximum atomic E-state index is 12.1. The number of hydrogen-bond donors (Lipinski definition) is 2. The number of benzene rings is 1. The minimum atomic E-state index is -1.56. The molecule has 0 aliphatic heterocycles. The predicted molar refractivity (Wildman–Crippen MR) is 107 cm³/mol. The Morgan fingerprint density at radius 3 is 2.77 bits per heavy atom. The van der Waals surface area contributed by atoms with Crippen LogP contribution in [0, 0.1) is 11.8 Å². The van der Waals surface area contributed by atoms with Gasteiger partial charge in [-0.3, -0.25) is 4.79 Å². The van der Waals surface area contributed by atoms with Gasteiger partial charge < -0.3 is 9.29 Å². The average molecular weight is 444 g/mol. The molecular weight excluding hydrogens is 418 g/mol. The molecule has 0 radical (unpaired) electrons. The fraction of sp³-hybridized carbons (Fsp3) is 0.526. The highest BCUT2D eigenvalue weighted by atomic mass is 79.9. The molecule has 1 aliphatic carbocycles. The highest BCUT2D eigenvalue weighted by molar-refractivity contribution is 9.10. The summed E-state index contributed by atoms with van der Waals surface area (Å²) in [4.78, 5) is 10.5. The summed E-state index contributed by atoms with van der Waals surface area (Å²) in [5.41, 5.74) is 0. The second-order valence-corrected chi connectivity index (χ2v) is 8.38. The van der Waals surface area contributed by atoms with Crippen molar-refractivity contribution in [1.29, 1.82) is 0 Å². The van der Waals surface area contributed by atoms with Gasteiger partial charge in [-0.05, 0) is 61.8 Å². The van der Waals surface area contributed by atoms with Crippen LogP contribution in [0.3, 0.4) is 0 Å². The normalized spacial score (nSPS) is 21.6. The third-order valence-electron chi connectivity index (χ3n) is 4.56. The second-order valence-electron chi connectivity index (χ2n) is 6.54. The Hall–Kier alpha value is -1.18. The van der Waals surface area contributed by atoms with Crippen LogP contribution in [0.1, 0.15) is 44.9 Å². The molecule has 1 aromatic rings. The minimum absolute atomic E-state index is 0.215. The topological polar surface area (TPSA) is 75.6 Å². The predicted octanol–water partition coefficient (Wildman–Crippen LogP) is 4.61. The van der Waals surface area contributed by atoms with E-state index in [4.69, 9.17) is 9.29 Å². The van der Waals surface area contributed by atoms with E-state index < -0.39 is 17.2 Å². The molecule has 0 spiro atoms. The molecule has 26 heavy (non-hydrogen) atoms. The number of carboxylic acid groups (broad SMARTS) is 1. The van der Waals surface area contributed by atoms with Crippen molar-refractivity contribution in [3.63, 3.8) is 0 Å². The second kappa shape index (κ2) is 11.5. The lowest BCUT2D eigenvalue weighted by Crippen LogP contribution is -2.32. The molecular formula is C19H26BrNO4S. The Kier molecular flexibility index (Phi) is 9.36.